The van der Waals surface area contributed by atoms with Crippen molar-refractivity contribution in [3.05, 3.63) is 166 Å². The molecule has 0 saturated heterocycles. The fourth-order valence-corrected chi connectivity index (χ4v) is 10.2. The van der Waals surface area contributed by atoms with Crippen LogP contribution in [-0.2, 0) is 23.7 Å². The highest BCUT2D eigenvalue weighted by Gasteiger charge is 2.39. The Morgan fingerprint density at radius 2 is 0.963 bits per heavy atom. The lowest BCUT2D eigenvalue weighted by molar-refractivity contribution is 0.447. The molecule has 0 radical (unpaired) electrons. The van der Waals surface area contributed by atoms with E-state index < -0.39 is 0 Å². The van der Waals surface area contributed by atoms with Crippen LogP contribution in [0.3, 0.4) is 0 Å². The molecular formula is C52H48N2. The molecular weight excluding hydrogens is 653 g/mol. The normalized spacial score (nSPS) is 17.7. The standard InChI is InChI=1S/C52H48N2/c1-50(2)28-27-37-13-8-10-16-49(37)54(50)39-22-26-43-41-24-20-35(31-45(41)52(5,6)47(43)33-39)18-17-34-19-23-40-42-25-21-38(32-46(42)51(3,4)44(40)30-34)53-29-11-14-36-12-7-9-15-48(36)53/h7-10,12-13,15-16,19-26,30-33H,11,14,27-29H2,1-6H3. The molecule has 2 aliphatic carbocycles. The van der Waals surface area contributed by atoms with Crippen LogP contribution < -0.4 is 9.80 Å². The second kappa shape index (κ2) is 11.7. The minimum atomic E-state index is -0.129. The predicted molar refractivity (Wildman–Crippen MR) is 227 cm³/mol. The van der Waals surface area contributed by atoms with E-state index in [1.54, 1.807) is 0 Å². The first-order chi connectivity index (χ1) is 26.0. The van der Waals surface area contributed by atoms with Gasteiger partial charge in [0.15, 0.2) is 0 Å². The van der Waals surface area contributed by atoms with Crippen molar-refractivity contribution in [3.63, 3.8) is 0 Å². The van der Waals surface area contributed by atoms with Crippen LogP contribution in [0.4, 0.5) is 22.7 Å². The van der Waals surface area contributed by atoms with Gasteiger partial charge in [-0.05, 0) is 156 Å². The Bertz CT molecular complexity index is 2590. The van der Waals surface area contributed by atoms with E-state index in [2.05, 4.69) is 185 Å². The van der Waals surface area contributed by atoms with E-state index in [-0.39, 0.29) is 16.4 Å². The second-order valence-corrected chi connectivity index (χ2v) is 17.6. The number of fused-ring (bicyclic) bond motifs is 8. The zero-order valence-electron chi connectivity index (χ0n) is 32.5. The van der Waals surface area contributed by atoms with Gasteiger partial charge in [-0.3, -0.25) is 0 Å². The fraction of sp³-hybridized carbons (Fsp3) is 0.269. The molecule has 0 amide bonds. The number of aryl methyl sites for hydroxylation is 2. The van der Waals surface area contributed by atoms with Crippen LogP contribution in [0.5, 0.6) is 0 Å². The molecule has 0 spiro atoms. The number of benzene rings is 6. The van der Waals surface area contributed by atoms with Gasteiger partial charge in [0, 0.05) is 56.8 Å². The van der Waals surface area contributed by atoms with Crippen LogP contribution in [0.25, 0.3) is 22.3 Å². The van der Waals surface area contributed by atoms with Crippen LogP contribution in [0, 0.1) is 11.8 Å². The van der Waals surface area contributed by atoms with Gasteiger partial charge in [0.1, 0.15) is 0 Å². The van der Waals surface area contributed by atoms with E-state index in [1.807, 2.05) is 0 Å². The molecule has 2 heterocycles. The van der Waals surface area contributed by atoms with Gasteiger partial charge < -0.3 is 9.80 Å². The number of anilines is 4. The number of rotatable bonds is 2. The molecule has 10 rings (SSSR count). The van der Waals surface area contributed by atoms with E-state index in [0.29, 0.717) is 0 Å². The van der Waals surface area contributed by atoms with Crippen LogP contribution in [-0.4, -0.2) is 12.1 Å². The second-order valence-electron chi connectivity index (χ2n) is 17.6. The van der Waals surface area contributed by atoms with Crippen molar-refractivity contribution < 1.29 is 0 Å². The van der Waals surface area contributed by atoms with Crippen LogP contribution in [0.1, 0.15) is 98.9 Å². The first-order valence-electron chi connectivity index (χ1n) is 19.9. The Balaban J connectivity index is 0.945. The van der Waals surface area contributed by atoms with Gasteiger partial charge in [-0.1, -0.05) is 100 Å². The highest BCUT2D eigenvalue weighted by Crippen LogP contribution is 2.53. The van der Waals surface area contributed by atoms with Crippen molar-refractivity contribution in [1.29, 1.82) is 0 Å². The number of para-hydroxylation sites is 2. The third kappa shape index (κ3) is 4.94. The zero-order valence-corrected chi connectivity index (χ0v) is 32.5. The summed E-state index contributed by atoms with van der Waals surface area (Å²) in [6.07, 6.45) is 4.60. The largest absolute Gasteiger partial charge is 0.341 e. The summed E-state index contributed by atoms with van der Waals surface area (Å²) in [5.41, 5.74) is 21.0. The van der Waals surface area contributed by atoms with E-state index >= 15 is 0 Å². The molecule has 0 aromatic heterocycles. The topological polar surface area (TPSA) is 6.48 Å². The average molecular weight is 701 g/mol. The number of nitrogens with zero attached hydrogens (tertiary/aromatic N) is 2. The first-order valence-corrected chi connectivity index (χ1v) is 19.9. The Morgan fingerprint density at radius 3 is 1.57 bits per heavy atom. The third-order valence-corrected chi connectivity index (χ3v) is 13.2. The van der Waals surface area contributed by atoms with Crippen molar-refractivity contribution in [2.75, 3.05) is 16.3 Å². The monoisotopic (exact) mass is 700 g/mol. The Morgan fingerprint density at radius 1 is 0.481 bits per heavy atom. The molecule has 6 aromatic carbocycles. The van der Waals surface area contributed by atoms with Crippen molar-refractivity contribution in [3.8, 4) is 34.1 Å². The van der Waals surface area contributed by atoms with Crippen molar-refractivity contribution in [1.82, 2.24) is 0 Å². The minimum absolute atomic E-state index is 0.0411. The van der Waals surface area contributed by atoms with Gasteiger partial charge >= 0.3 is 0 Å². The smallest absolute Gasteiger partial charge is 0.0448 e. The molecule has 266 valence electrons. The van der Waals surface area contributed by atoms with E-state index in [4.69, 9.17) is 0 Å². The highest BCUT2D eigenvalue weighted by atomic mass is 15.2. The van der Waals surface area contributed by atoms with E-state index in [0.717, 1.165) is 36.9 Å². The third-order valence-electron chi connectivity index (χ3n) is 13.2. The maximum absolute atomic E-state index is 3.58. The summed E-state index contributed by atoms with van der Waals surface area (Å²) in [4.78, 5) is 5.09. The van der Waals surface area contributed by atoms with Crippen LogP contribution >= 0.6 is 0 Å². The molecule has 0 saturated carbocycles. The number of hydrogen-bond donors (Lipinski definition) is 0. The summed E-state index contributed by atoms with van der Waals surface area (Å²) in [5.74, 6) is 7.15. The first kappa shape index (κ1) is 33.1. The van der Waals surface area contributed by atoms with Crippen molar-refractivity contribution >= 4 is 22.7 Å². The summed E-state index contributed by atoms with van der Waals surface area (Å²) in [5, 5.41) is 0. The van der Waals surface area contributed by atoms with Gasteiger partial charge in [0.2, 0.25) is 0 Å². The molecule has 0 unspecified atom stereocenters. The van der Waals surface area contributed by atoms with E-state index in [1.165, 1.54) is 84.8 Å². The molecule has 2 aliphatic heterocycles. The lowest BCUT2D eigenvalue weighted by Gasteiger charge is -2.45. The summed E-state index contributed by atoms with van der Waals surface area (Å²) in [6, 6.07) is 45.8. The Kier molecular flexibility index (Phi) is 7.19. The average Bonchev–Trinajstić information content (AvgIpc) is 3.54. The van der Waals surface area contributed by atoms with E-state index in [9.17, 15) is 0 Å². The molecule has 54 heavy (non-hydrogen) atoms. The maximum Gasteiger partial charge on any atom is 0.0448 e. The molecule has 2 heteroatoms. The zero-order chi connectivity index (χ0) is 37.0. The van der Waals surface area contributed by atoms with Gasteiger partial charge in [-0.25, -0.2) is 0 Å². The molecule has 4 aliphatic rings. The van der Waals surface area contributed by atoms with Gasteiger partial charge in [-0.2, -0.15) is 0 Å². The molecule has 2 nitrogen and oxygen atoms in total. The predicted octanol–water partition coefficient (Wildman–Crippen LogP) is 12.6. The van der Waals surface area contributed by atoms with Crippen molar-refractivity contribution in [2.24, 2.45) is 0 Å². The molecule has 0 bridgehead atoms. The highest BCUT2D eigenvalue weighted by molar-refractivity contribution is 5.86. The van der Waals surface area contributed by atoms with Crippen LogP contribution in [0.2, 0.25) is 0 Å². The van der Waals surface area contributed by atoms with Gasteiger partial charge in [-0.15, -0.1) is 0 Å². The lowest BCUT2D eigenvalue weighted by Crippen LogP contribution is -2.44. The van der Waals surface area contributed by atoms with Gasteiger partial charge in [0.25, 0.3) is 0 Å². The Hall–Kier alpha value is -5.52. The number of hydrogen-bond acceptors (Lipinski definition) is 2. The van der Waals surface area contributed by atoms with Crippen molar-refractivity contribution in [2.45, 2.75) is 83.6 Å². The summed E-state index contributed by atoms with van der Waals surface area (Å²) in [6.45, 7) is 15.3. The summed E-state index contributed by atoms with van der Waals surface area (Å²) in [7, 11) is 0. The molecule has 6 aromatic rings. The minimum Gasteiger partial charge on any atom is -0.341 e. The summed E-state index contributed by atoms with van der Waals surface area (Å²) < 4.78 is 0. The molecule has 0 fully saturated rings. The lowest BCUT2D eigenvalue weighted by atomic mass is 9.81. The SMILES string of the molecule is CC1(C)c2cc(C#Cc3ccc4c(c3)C(C)(C)c3cc(N5c6ccccc6CCC5(C)C)ccc3-4)ccc2-c2ccc(N3CCCc4ccccc43)cc21. The molecule has 0 atom stereocenters. The van der Waals surface area contributed by atoms with Gasteiger partial charge in [0.05, 0.1) is 0 Å². The maximum atomic E-state index is 3.58. The fourth-order valence-electron chi connectivity index (χ4n) is 10.2. The Labute approximate surface area is 321 Å². The molecule has 0 N–H and O–H groups in total. The summed E-state index contributed by atoms with van der Waals surface area (Å²) >= 11 is 0. The van der Waals surface area contributed by atoms with Crippen LogP contribution in [0.15, 0.2) is 121 Å². The quantitative estimate of drug-likeness (QED) is 0.166.